The van der Waals surface area contributed by atoms with Crippen LogP contribution < -0.4 is 5.32 Å². The molecule has 0 aromatic heterocycles. The highest BCUT2D eigenvalue weighted by Crippen LogP contribution is 2.17. The van der Waals surface area contributed by atoms with Crippen molar-refractivity contribution >= 4 is 5.69 Å². The fraction of sp³-hybridized carbons (Fsp3) is 0.200. The Bertz CT molecular complexity index is 538. The molecule has 18 heavy (non-hydrogen) atoms. The number of hydrogen-bond donors (Lipinski definition) is 1. The Morgan fingerprint density at radius 2 is 1.78 bits per heavy atom. The fourth-order valence-electron chi connectivity index (χ4n) is 1.85. The van der Waals surface area contributed by atoms with E-state index in [-0.39, 0.29) is 0 Å². The summed E-state index contributed by atoms with van der Waals surface area (Å²) >= 11 is 0. The van der Waals surface area contributed by atoms with E-state index >= 15 is 0 Å². The number of para-hydroxylation sites is 1. The average Bonchev–Trinajstić information content (AvgIpc) is 2.40. The zero-order valence-electron chi connectivity index (χ0n) is 10.2. The van der Waals surface area contributed by atoms with E-state index in [2.05, 4.69) is 12.2 Å². The molecule has 0 spiro atoms. The first-order valence-electron chi connectivity index (χ1n) is 5.96. The van der Waals surface area contributed by atoms with Crippen LogP contribution in [0.15, 0.2) is 42.5 Å². The first kappa shape index (κ1) is 12.6. The van der Waals surface area contributed by atoms with Crippen molar-refractivity contribution in [1.82, 2.24) is 0 Å². The van der Waals surface area contributed by atoms with Crippen LogP contribution in [0.25, 0.3) is 0 Å². The first-order valence-corrected chi connectivity index (χ1v) is 5.96. The number of hydrogen-bond acceptors (Lipinski definition) is 1. The summed E-state index contributed by atoms with van der Waals surface area (Å²) in [5.74, 6) is -1.62. The predicted molar refractivity (Wildman–Crippen MR) is 69.5 cm³/mol. The lowest BCUT2D eigenvalue weighted by Gasteiger charge is -2.10. The van der Waals surface area contributed by atoms with Crippen molar-refractivity contribution in [1.29, 1.82) is 0 Å². The molecule has 2 rings (SSSR count). The van der Waals surface area contributed by atoms with Crippen LogP contribution >= 0.6 is 0 Å². The molecule has 0 aliphatic carbocycles. The van der Waals surface area contributed by atoms with Gasteiger partial charge in [-0.25, -0.2) is 8.78 Å². The number of aryl methyl sites for hydroxylation is 1. The number of halogens is 2. The molecule has 1 nitrogen and oxygen atoms in total. The van der Waals surface area contributed by atoms with Crippen molar-refractivity contribution in [2.45, 2.75) is 19.9 Å². The third-order valence-electron chi connectivity index (χ3n) is 2.87. The van der Waals surface area contributed by atoms with E-state index in [1.807, 2.05) is 24.3 Å². The molecular formula is C15H15F2N. The Labute approximate surface area is 105 Å². The topological polar surface area (TPSA) is 12.0 Å². The maximum absolute atomic E-state index is 13.0. The van der Waals surface area contributed by atoms with Crippen LogP contribution in [0.2, 0.25) is 0 Å². The van der Waals surface area contributed by atoms with Crippen molar-refractivity contribution in [3.63, 3.8) is 0 Å². The zero-order chi connectivity index (χ0) is 13.0. The van der Waals surface area contributed by atoms with Gasteiger partial charge in [0.05, 0.1) is 0 Å². The highest BCUT2D eigenvalue weighted by atomic mass is 19.2. The van der Waals surface area contributed by atoms with Crippen molar-refractivity contribution < 1.29 is 8.78 Å². The second kappa shape index (κ2) is 5.63. The molecule has 0 aliphatic rings. The van der Waals surface area contributed by atoms with Gasteiger partial charge in [-0.3, -0.25) is 0 Å². The van der Waals surface area contributed by atoms with Crippen molar-refractivity contribution in [2.24, 2.45) is 0 Å². The molecule has 0 heterocycles. The Hall–Kier alpha value is -1.90. The molecule has 0 radical (unpaired) electrons. The molecule has 0 bridgehead atoms. The second-order valence-electron chi connectivity index (χ2n) is 4.11. The standard InChI is InChI=1S/C15H15F2N/c1-2-12-5-3-4-6-15(12)18-10-11-7-8-13(16)14(17)9-11/h3-9,18H,2,10H2,1H3. The Morgan fingerprint density at radius 1 is 1.00 bits per heavy atom. The minimum Gasteiger partial charge on any atom is -0.381 e. The monoisotopic (exact) mass is 247 g/mol. The van der Waals surface area contributed by atoms with Gasteiger partial charge in [-0.1, -0.05) is 31.2 Å². The van der Waals surface area contributed by atoms with E-state index in [1.54, 1.807) is 6.07 Å². The third kappa shape index (κ3) is 2.86. The number of nitrogens with one attached hydrogen (secondary N) is 1. The van der Waals surface area contributed by atoms with Gasteiger partial charge in [-0.05, 0) is 35.7 Å². The summed E-state index contributed by atoms with van der Waals surface area (Å²) in [6.07, 6.45) is 0.932. The zero-order valence-corrected chi connectivity index (χ0v) is 10.2. The SMILES string of the molecule is CCc1ccccc1NCc1ccc(F)c(F)c1. The highest BCUT2D eigenvalue weighted by Gasteiger charge is 2.03. The lowest BCUT2D eigenvalue weighted by Crippen LogP contribution is -2.02. The molecule has 0 aliphatic heterocycles. The van der Waals surface area contributed by atoms with E-state index in [0.29, 0.717) is 6.54 Å². The lowest BCUT2D eigenvalue weighted by molar-refractivity contribution is 0.507. The predicted octanol–water partition coefficient (Wildman–Crippen LogP) is 4.14. The lowest BCUT2D eigenvalue weighted by atomic mass is 10.1. The normalized spacial score (nSPS) is 10.4. The Kier molecular flexibility index (Phi) is 3.92. The smallest absolute Gasteiger partial charge is 0.159 e. The van der Waals surface area contributed by atoms with Gasteiger partial charge in [-0.15, -0.1) is 0 Å². The Morgan fingerprint density at radius 3 is 2.50 bits per heavy atom. The van der Waals surface area contributed by atoms with Crippen LogP contribution in [0.4, 0.5) is 14.5 Å². The van der Waals surface area contributed by atoms with Gasteiger partial charge >= 0.3 is 0 Å². The molecule has 0 fully saturated rings. The summed E-state index contributed by atoms with van der Waals surface area (Å²) in [4.78, 5) is 0. The summed E-state index contributed by atoms with van der Waals surface area (Å²) in [6, 6.07) is 11.9. The van der Waals surface area contributed by atoms with Gasteiger partial charge in [0.2, 0.25) is 0 Å². The quantitative estimate of drug-likeness (QED) is 0.856. The molecule has 94 valence electrons. The second-order valence-corrected chi connectivity index (χ2v) is 4.11. The largest absolute Gasteiger partial charge is 0.381 e. The van der Waals surface area contributed by atoms with Gasteiger partial charge in [-0.2, -0.15) is 0 Å². The highest BCUT2D eigenvalue weighted by molar-refractivity contribution is 5.51. The molecular weight excluding hydrogens is 232 g/mol. The molecule has 0 saturated carbocycles. The summed E-state index contributed by atoms with van der Waals surface area (Å²) < 4.78 is 25.8. The van der Waals surface area contributed by atoms with Crippen molar-refractivity contribution in [3.8, 4) is 0 Å². The van der Waals surface area contributed by atoms with E-state index < -0.39 is 11.6 Å². The summed E-state index contributed by atoms with van der Waals surface area (Å²) in [5.41, 5.74) is 2.96. The van der Waals surface area contributed by atoms with Crippen LogP contribution in [0.1, 0.15) is 18.1 Å². The van der Waals surface area contributed by atoms with Gasteiger partial charge < -0.3 is 5.32 Å². The molecule has 0 saturated heterocycles. The first-order chi connectivity index (χ1) is 8.70. The maximum Gasteiger partial charge on any atom is 0.159 e. The van der Waals surface area contributed by atoms with Crippen LogP contribution in [0.3, 0.4) is 0 Å². The maximum atomic E-state index is 13.0. The van der Waals surface area contributed by atoms with Gasteiger partial charge in [0.15, 0.2) is 11.6 Å². The third-order valence-corrected chi connectivity index (χ3v) is 2.87. The van der Waals surface area contributed by atoms with Gasteiger partial charge in [0.1, 0.15) is 0 Å². The fourth-order valence-corrected chi connectivity index (χ4v) is 1.85. The molecule has 0 atom stereocenters. The summed E-state index contributed by atoms with van der Waals surface area (Å²) in [5, 5.41) is 3.24. The van der Waals surface area contributed by atoms with E-state index in [9.17, 15) is 8.78 Å². The average molecular weight is 247 g/mol. The number of anilines is 1. The van der Waals surface area contributed by atoms with Gasteiger partial charge in [0.25, 0.3) is 0 Å². The van der Waals surface area contributed by atoms with Crippen LogP contribution in [-0.4, -0.2) is 0 Å². The molecule has 3 heteroatoms. The Balaban J connectivity index is 2.09. The molecule has 0 amide bonds. The van der Waals surface area contributed by atoms with Gasteiger partial charge in [0, 0.05) is 12.2 Å². The molecule has 2 aromatic carbocycles. The minimum atomic E-state index is -0.812. The van der Waals surface area contributed by atoms with E-state index in [4.69, 9.17) is 0 Å². The van der Waals surface area contributed by atoms with Crippen LogP contribution in [-0.2, 0) is 13.0 Å². The van der Waals surface area contributed by atoms with Crippen molar-refractivity contribution in [3.05, 3.63) is 65.2 Å². The van der Waals surface area contributed by atoms with Crippen LogP contribution in [0, 0.1) is 11.6 Å². The summed E-state index contributed by atoms with van der Waals surface area (Å²) in [6.45, 7) is 2.56. The molecule has 0 unspecified atom stereocenters. The minimum absolute atomic E-state index is 0.480. The summed E-state index contributed by atoms with van der Waals surface area (Å²) in [7, 11) is 0. The number of rotatable bonds is 4. The molecule has 1 N–H and O–H groups in total. The molecule has 2 aromatic rings. The van der Waals surface area contributed by atoms with E-state index in [0.717, 1.165) is 23.7 Å². The number of benzene rings is 2. The van der Waals surface area contributed by atoms with Crippen LogP contribution in [0.5, 0.6) is 0 Å². The van der Waals surface area contributed by atoms with Crippen molar-refractivity contribution in [2.75, 3.05) is 5.32 Å². The van der Waals surface area contributed by atoms with E-state index in [1.165, 1.54) is 11.6 Å².